The van der Waals surface area contributed by atoms with E-state index in [2.05, 4.69) is 10.2 Å². The summed E-state index contributed by atoms with van der Waals surface area (Å²) in [7, 11) is 0. The summed E-state index contributed by atoms with van der Waals surface area (Å²) in [6, 6.07) is 7.67. The highest BCUT2D eigenvalue weighted by molar-refractivity contribution is 5.89. The van der Waals surface area contributed by atoms with Crippen molar-refractivity contribution >= 4 is 17.6 Å². The topological polar surface area (TPSA) is 76.1 Å². The number of urea groups is 1. The molecule has 29 heavy (non-hydrogen) atoms. The number of carbonyl (C=O) groups excluding carboxylic acids is 2. The number of amides is 3. The number of rotatable bonds is 4. The second-order valence-corrected chi connectivity index (χ2v) is 8.97. The van der Waals surface area contributed by atoms with Gasteiger partial charge in [0.25, 0.3) is 0 Å². The normalized spacial score (nSPS) is 19.3. The van der Waals surface area contributed by atoms with Crippen molar-refractivity contribution in [1.29, 1.82) is 0 Å². The monoisotopic (exact) mass is 402 g/mol. The van der Waals surface area contributed by atoms with Gasteiger partial charge in [0.05, 0.1) is 5.60 Å². The van der Waals surface area contributed by atoms with Crippen LogP contribution in [0, 0.1) is 12.8 Å². The van der Waals surface area contributed by atoms with Gasteiger partial charge in [-0.25, -0.2) is 4.79 Å². The zero-order chi connectivity index (χ0) is 21.0. The Hall–Kier alpha value is -2.12. The molecule has 2 N–H and O–H groups in total. The van der Waals surface area contributed by atoms with Crippen molar-refractivity contribution in [2.45, 2.75) is 39.2 Å². The Morgan fingerprint density at radius 2 is 1.72 bits per heavy atom. The third-order valence-corrected chi connectivity index (χ3v) is 5.70. The lowest BCUT2D eigenvalue weighted by atomic mass is 9.95. The van der Waals surface area contributed by atoms with Gasteiger partial charge in [-0.3, -0.25) is 9.69 Å². The molecule has 0 atom stereocenters. The molecule has 0 aromatic heterocycles. The van der Waals surface area contributed by atoms with Crippen LogP contribution in [0.4, 0.5) is 10.5 Å². The van der Waals surface area contributed by atoms with E-state index in [-0.39, 0.29) is 17.9 Å². The molecule has 2 heterocycles. The van der Waals surface area contributed by atoms with Crippen molar-refractivity contribution in [3.05, 3.63) is 29.8 Å². The predicted molar refractivity (Wildman–Crippen MR) is 114 cm³/mol. The van der Waals surface area contributed by atoms with Crippen molar-refractivity contribution in [3.8, 4) is 0 Å². The minimum absolute atomic E-state index is 0.00106. The van der Waals surface area contributed by atoms with E-state index in [0.29, 0.717) is 45.6 Å². The third-order valence-electron chi connectivity index (χ3n) is 5.70. The van der Waals surface area contributed by atoms with Gasteiger partial charge in [0.2, 0.25) is 5.91 Å². The van der Waals surface area contributed by atoms with Crippen LogP contribution in [0.15, 0.2) is 24.3 Å². The summed E-state index contributed by atoms with van der Waals surface area (Å²) in [5.74, 6) is 0.213. The van der Waals surface area contributed by atoms with Crippen molar-refractivity contribution in [2.75, 3.05) is 51.1 Å². The molecule has 0 radical (unpaired) electrons. The molecular formula is C22H34N4O3. The van der Waals surface area contributed by atoms with Crippen LogP contribution in [0.25, 0.3) is 0 Å². The highest BCUT2D eigenvalue weighted by Gasteiger charge is 2.32. The summed E-state index contributed by atoms with van der Waals surface area (Å²) in [5, 5.41) is 12.9. The SMILES string of the molecule is Cc1cccc(NC(=O)N2CCC(C(=O)N3CCN(CC(C)(C)O)CC3)CC2)c1. The van der Waals surface area contributed by atoms with E-state index in [9.17, 15) is 14.7 Å². The van der Waals surface area contributed by atoms with Crippen LogP contribution >= 0.6 is 0 Å². The van der Waals surface area contributed by atoms with Crippen LogP contribution in [0.5, 0.6) is 0 Å². The Bertz CT molecular complexity index is 715. The molecule has 0 bridgehead atoms. The summed E-state index contributed by atoms with van der Waals surface area (Å²) in [6.45, 7) is 10.5. The van der Waals surface area contributed by atoms with E-state index in [0.717, 1.165) is 24.3 Å². The van der Waals surface area contributed by atoms with Crippen molar-refractivity contribution in [3.63, 3.8) is 0 Å². The zero-order valence-electron chi connectivity index (χ0n) is 17.9. The van der Waals surface area contributed by atoms with E-state index in [1.807, 2.05) is 49.9 Å². The van der Waals surface area contributed by atoms with Crippen molar-refractivity contribution in [1.82, 2.24) is 14.7 Å². The molecule has 0 saturated carbocycles. The van der Waals surface area contributed by atoms with E-state index < -0.39 is 5.60 Å². The van der Waals surface area contributed by atoms with Crippen molar-refractivity contribution < 1.29 is 14.7 Å². The van der Waals surface area contributed by atoms with Crippen LogP contribution in [0.3, 0.4) is 0 Å². The summed E-state index contributed by atoms with van der Waals surface area (Å²) >= 11 is 0. The standard InChI is InChI=1S/C22H34N4O3/c1-17-5-4-6-19(15-17)23-21(28)26-9-7-18(8-10-26)20(27)25-13-11-24(12-14-25)16-22(2,3)29/h4-6,15,18,29H,7-14,16H2,1-3H3,(H,23,28). The van der Waals surface area contributed by atoms with E-state index >= 15 is 0 Å². The number of aryl methyl sites for hydroxylation is 1. The first-order valence-electron chi connectivity index (χ1n) is 10.6. The fraction of sp³-hybridized carbons (Fsp3) is 0.636. The van der Waals surface area contributed by atoms with Crippen LogP contribution in [0.1, 0.15) is 32.3 Å². The number of benzene rings is 1. The predicted octanol–water partition coefficient (Wildman–Crippen LogP) is 2.15. The first-order chi connectivity index (χ1) is 13.7. The molecule has 2 aliphatic heterocycles. The summed E-state index contributed by atoms with van der Waals surface area (Å²) in [6.07, 6.45) is 1.42. The lowest BCUT2D eigenvalue weighted by Crippen LogP contribution is -2.54. The Kier molecular flexibility index (Phi) is 6.80. The van der Waals surface area contributed by atoms with E-state index in [4.69, 9.17) is 0 Å². The van der Waals surface area contributed by atoms with Crippen LogP contribution < -0.4 is 5.32 Å². The molecule has 2 fully saturated rings. The number of nitrogens with zero attached hydrogens (tertiary/aromatic N) is 3. The van der Waals surface area contributed by atoms with Gasteiger partial charge < -0.3 is 20.2 Å². The molecule has 0 unspecified atom stereocenters. The maximum absolute atomic E-state index is 12.9. The van der Waals surface area contributed by atoms with Gasteiger partial charge in [-0.15, -0.1) is 0 Å². The molecule has 160 valence electrons. The summed E-state index contributed by atoms with van der Waals surface area (Å²) < 4.78 is 0. The second-order valence-electron chi connectivity index (χ2n) is 8.97. The third kappa shape index (κ3) is 6.18. The van der Waals surface area contributed by atoms with E-state index in [1.54, 1.807) is 4.90 Å². The lowest BCUT2D eigenvalue weighted by molar-refractivity contribution is -0.139. The first kappa shape index (κ1) is 21.6. The average molecular weight is 403 g/mol. The fourth-order valence-electron chi connectivity index (χ4n) is 4.19. The number of piperidine rings is 1. The number of carbonyl (C=O) groups is 2. The molecule has 0 spiro atoms. The summed E-state index contributed by atoms with van der Waals surface area (Å²) in [5.41, 5.74) is 1.20. The van der Waals surface area contributed by atoms with Gasteiger partial charge in [-0.05, 0) is 51.3 Å². The molecule has 3 amide bonds. The molecule has 3 rings (SSSR count). The number of anilines is 1. The number of nitrogens with one attached hydrogen (secondary N) is 1. The van der Waals surface area contributed by atoms with Crippen LogP contribution in [-0.4, -0.2) is 83.2 Å². The maximum Gasteiger partial charge on any atom is 0.321 e. The van der Waals surface area contributed by atoms with Gasteiger partial charge >= 0.3 is 6.03 Å². The molecule has 0 aliphatic carbocycles. The van der Waals surface area contributed by atoms with Crippen LogP contribution in [-0.2, 0) is 4.79 Å². The molecule has 7 nitrogen and oxygen atoms in total. The Balaban J connectivity index is 1.43. The number of β-amino-alcohol motifs (C(OH)–C–C–N with tert-alkyl or cyclic N) is 1. The molecule has 7 heteroatoms. The van der Waals surface area contributed by atoms with E-state index in [1.165, 1.54) is 0 Å². The van der Waals surface area contributed by atoms with Gasteiger partial charge in [0.15, 0.2) is 0 Å². The Morgan fingerprint density at radius 3 is 2.31 bits per heavy atom. The van der Waals surface area contributed by atoms with Gasteiger partial charge in [0.1, 0.15) is 0 Å². The number of likely N-dealkylation sites (tertiary alicyclic amines) is 1. The number of piperazine rings is 1. The van der Waals surface area contributed by atoms with Crippen LogP contribution in [0.2, 0.25) is 0 Å². The summed E-state index contributed by atoms with van der Waals surface area (Å²) in [4.78, 5) is 31.4. The Labute approximate surface area is 173 Å². The Morgan fingerprint density at radius 1 is 1.07 bits per heavy atom. The minimum atomic E-state index is -0.710. The minimum Gasteiger partial charge on any atom is -0.389 e. The van der Waals surface area contributed by atoms with Crippen molar-refractivity contribution in [2.24, 2.45) is 5.92 Å². The quantitative estimate of drug-likeness (QED) is 0.809. The molecule has 2 saturated heterocycles. The first-order valence-corrected chi connectivity index (χ1v) is 10.6. The number of hydrogen-bond donors (Lipinski definition) is 2. The largest absolute Gasteiger partial charge is 0.389 e. The van der Waals surface area contributed by atoms with Gasteiger partial charge in [0, 0.05) is 57.4 Å². The second kappa shape index (κ2) is 9.13. The maximum atomic E-state index is 12.9. The molecule has 1 aromatic carbocycles. The van der Waals surface area contributed by atoms with Gasteiger partial charge in [-0.1, -0.05) is 12.1 Å². The molecular weight excluding hydrogens is 368 g/mol. The number of hydrogen-bond acceptors (Lipinski definition) is 4. The van der Waals surface area contributed by atoms with Gasteiger partial charge in [-0.2, -0.15) is 0 Å². The lowest BCUT2D eigenvalue weighted by Gasteiger charge is -2.40. The smallest absolute Gasteiger partial charge is 0.321 e. The average Bonchev–Trinajstić information content (AvgIpc) is 2.67. The zero-order valence-corrected chi connectivity index (χ0v) is 17.9. The highest BCUT2D eigenvalue weighted by Crippen LogP contribution is 2.22. The molecule has 1 aromatic rings. The molecule has 2 aliphatic rings. The number of aliphatic hydroxyl groups is 1. The fourth-order valence-corrected chi connectivity index (χ4v) is 4.19. The highest BCUT2D eigenvalue weighted by atomic mass is 16.3.